The smallest absolute Gasteiger partial charge is 0.278 e. The van der Waals surface area contributed by atoms with Gasteiger partial charge in [0.05, 0.1) is 13.7 Å². The third-order valence-electron chi connectivity index (χ3n) is 5.93. The fourth-order valence-electron chi connectivity index (χ4n) is 4.03. The maximum absolute atomic E-state index is 13.7. The molecule has 3 aromatic carbocycles. The first kappa shape index (κ1) is 22.0. The molecule has 0 aliphatic rings. The molecule has 5 nitrogen and oxygen atoms in total. The molecular weight excluding hydrogens is 442 g/mol. The Morgan fingerprint density at radius 2 is 1.79 bits per heavy atom. The molecule has 34 heavy (non-hydrogen) atoms. The number of hydrogen-bond acceptors (Lipinski definition) is 4. The van der Waals surface area contributed by atoms with E-state index in [9.17, 15) is 4.79 Å². The number of ether oxygens (including phenoxy) is 1. The lowest BCUT2D eigenvalue weighted by Gasteiger charge is -2.14. The van der Waals surface area contributed by atoms with Crippen LogP contribution in [0, 0.1) is 6.92 Å². The number of fused-ring (bicyclic) bond motifs is 1. The summed E-state index contributed by atoms with van der Waals surface area (Å²) in [5.74, 6) is 1.49. The number of thioether (sulfide) groups is 1. The Morgan fingerprint density at radius 1 is 1.00 bits per heavy atom. The van der Waals surface area contributed by atoms with Gasteiger partial charge < -0.3 is 9.72 Å². The van der Waals surface area contributed by atoms with Crippen LogP contribution in [0.2, 0.25) is 0 Å². The van der Waals surface area contributed by atoms with Gasteiger partial charge in [0.1, 0.15) is 16.8 Å². The van der Waals surface area contributed by atoms with E-state index in [1.54, 1.807) is 23.4 Å². The van der Waals surface area contributed by atoms with Crippen molar-refractivity contribution in [3.05, 3.63) is 112 Å². The van der Waals surface area contributed by atoms with Gasteiger partial charge in [0.15, 0.2) is 5.16 Å². The molecule has 0 atom stereocenters. The molecule has 0 aliphatic carbocycles. The standard InChI is InChI=1S/C28H25N3O2S/c1-19-9-6-7-13-22(19)18-34-28-30-25-24(21-11-4-3-5-12-21)16-29-26(25)27(32)31(28)17-20-10-8-14-23(15-20)33-2/h3-16,29H,17-18H2,1-2H3. The summed E-state index contributed by atoms with van der Waals surface area (Å²) in [4.78, 5) is 21.9. The first-order chi connectivity index (χ1) is 16.6. The molecule has 0 amide bonds. The van der Waals surface area contributed by atoms with Gasteiger partial charge in [-0.2, -0.15) is 0 Å². The van der Waals surface area contributed by atoms with Gasteiger partial charge >= 0.3 is 0 Å². The second-order valence-corrected chi connectivity index (χ2v) is 9.09. The zero-order chi connectivity index (χ0) is 23.5. The van der Waals surface area contributed by atoms with Crippen LogP contribution >= 0.6 is 11.8 Å². The number of rotatable bonds is 7. The third-order valence-corrected chi connectivity index (χ3v) is 6.95. The van der Waals surface area contributed by atoms with E-state index in [1.807, 2.05) is 72.9 Å². The van der Waals surface area contributed by atoms with E-state index in [0.29, 0.717) is 22.7 Å². The number of methoxy groups -OCH3 is 1. The van der Waals surface area contributed by atoms with Gasteiger partial charge in [0, 0.05) is 17.5 Å². The number of benzene rings is 3. The van der Waals surface area contributed by atoms with E-state index in [1.165, 1.54) is 11.1 Å². The van der Waals surface area contributed by atoms with E-state index < -0.39 is 0 Å². The number of hydrogen-bond donors (Lipinski definition) is 1. The number of H-pyrrole nitrogens is 1. The summed E-state index contributed by atoms with van der Waals surface area (Å²) in [6.45, 7) is 2.52. The molecule has 5 rings (SSSR count). The van der Waals surface area contributed by atoms with Crippen LogP contribution in [0.4, 0.5) is 0 Å². The monoisotopic (exact) mass is 467 g/mol. The van der Waals surface area contributed by atoms with Gasteiger partial charge in [-0.25, -0.2) is 4.98 Å². The van der Waals surface area contributed by atoms with Crippen molar-refractivity contribution in [2.45, 2.75) is 24.4 Å². The van der Waals surface area contributed by atoms with Crippen LogP contribution in [-0.4, -0.2) is 21.6 Å². The molecule has 1 N–H and O–H groups in total. The summed E-state index contributed by atoms with van der Waals surface area (Å²) in [5.41, 5.74) is 6.53. The van der Waals surface area contributed by atoms with Gasteiger partial charge in [-0.15, -0.1) is 0 Å². The average Bonchev–Trinajstić information content (AvgIpc) is 3.30. The van der Waals surface area contributed by atoms with Crippen LogP contribution in [-0.2, 0) is 12.3 Å². The molecule has 170 valence electrons. The minimum absolute atomic E-state index is 0.0812. The zero-order valence-electron chi connectivity index (χ0n) is 19.1. The lowest BCUT2D eigenvalue weighted by molar-refractivity contribution is 0.414. The Balaban J connectivity index is 1.62. The Kier molecular flexibility index (Phi) is 6.23. The van der Waals surface area contributed by atoms with E-state index in [2.05, 4.69) is 24.0 Å². The number of aromatic amines is 1. The predicted octanol–water partition coefficient (Wildman–Crippen LogP) is 6.05. The largest absolute Gasteiger partial charge is 0.497 e. The molecule has 0 fully saturated rings. The third kappa shape index (κ3) is 4.37. The predicted molar refractivity (Wildman–Crippen MR) is 139 cm³/mol. The Morgan fingerprint density at radius 3 is 2.59 bits per heavy atom. The van der Waals surface area contributed by atoms with Crippen molar-refractivity contribution < 1.29 is 4.74 Å². The van der Waals surface area contributed by atoms with Gasteiger partial charge in [-0.1, -0.05) is 78.5 Å². The quantitative estimate of drug-likeness (QED) is 0.234. The molecule has 0 unspecified atom stereocenters. The molecule has 0 spiro atoms. The highest BCUT2D eigenvalue weighted by Gasteiger charge is 2.17. The van der Waals surface area contributed by atoms with Crippen LogP contribution in [0.3, 0.4) is 0 Å². The van der Waals surface area contributed by atoms with Gasteiger partial charge in [-0.05, 0) is 41.3 Å². The molecule has 2 aromatic heterocycles. The van der Waals surface area contributed by atoms with Crippen LogP contribution in [0.1, 0.15) is 16.7 Å². The summed E-state index contributed by atoms with van der Waals surface area (Å²) in [5, 5.41) is 0.695. The first-order valence-corrected chi connectivity index (χ1v) is 12.1. The topological polar surface area (TPSA) is 59.9 Å². The lowest BCUT2D eigenvalue weighted by atomic mass is 10.1. The Hall–Kier alpha value is -3.77. The van der Waals surface area contributed by atoms with Crippen molar-refractivity contribution in [3.63, 3.8) is 0 Å². The highest BCUT2D eigenvalue weighted by molar-refractivity contribution is 7.98. The normalized spacial score (nSPS) is 11.1. The molecule has 0 bridgehead atoms. The average molecular weight is 468 g/mol. The minimum Gasteiger partial charge on any atom is -0.497 e. The van der Waals surface area contributed by atoms with E-state index in [4.69, 9.17) is 9.72 Å². The fraction of sp³-hybridized carbons (Fsp3) is 0.143. The van der Waals surface area contributed by atoms with Crippen molar-refractivity contribution >= 4 is 22.8 Å². The van der Waals surface area contributed by atoms with Crippen LogP contribution in [0.5, 0.6) is 5.75 Å². The maximum atomic E-state index is 13.7. The van der Waals surface area contributed by atoms with Crippen molar-refractivity contribution in [1.82, 2.24) is 14.5 Å². The molecular formula is C28H25N3O2S. The summed E-state index contributed by atoms with van der Waals surface area (Å²) >= 11 is 1.59. The van der Waals surface area contributed by atoms with E-state index in [0.717, 1.165) is 28.2 Å². The molecule has 0 saturated heterocycles. The second-order valence-electron chi connectivity index (χ2n) is 8.14. The number of aromatic nitrogens is 3. The van der Waals surface area contributed by atoms with Crippen molar-refractivity contribution in [1.29, 1.82) is 0 Å². The highest BCUT2D eigenvalue weighted by Crippen LogP contribution is 2.29. The Bertz CT molecular complexity index is 1510. The van der Waals surface area contributed by atoms with Crippen molar-refractivity contribution in [2.24, 2.45) is 0 Å². The highest BCUT2D eigenvalue weighted by atomic mass is 32.2. The van der Waals surface area contributed by atoms with Gasteiger partial charge in [-0.3, -0.25) is 9.36 Å². The maximum Gasteiger partial charge on any atom is 0.278 e. The van der Waals surface area contributed by atoms with E-state index >= 15 is 0 Å². The number of nitrogens with zero attached hydrogens (tertiary/aromatic N) is 2. The molecule has 0 saturated carbocycles. The van der Waals surface area contributed by atoms with Crippen LogP contribution in [0.15, 0.2) is 95.0 Å². The molecule has 5 aromatic rings. The SMILES string of the molecule is COc1cccc(Cn2c(SCc3ccccc3C)nc3c(-c4ccccc4)c[nH]c3c2=O)c1. The van der Waals surface area contributed by atoms with Crippen molar-refractivity contribution in [3.8, 4) is 16.9 Å². The van der Waals surface area contributed by atoms with E-state index in [-0.39, 0.29) is 5.56 Å². The minimum atomic E-state index is -0.0812. The Labute approximate surface area is 202 Å². The molecule has 0 aliphatic heterocycles. The molecule has 0 radical (unpaired) electrons. The van der Waals surface area contributed by atoms with Crippen LogP contribution < -0.4 is 10.3 Å². The summed E-state index contributed by atoms with van der Waals surface area (Å²) in [6, 6.07) is 26.1. The van der Waals surface area contributed by atoms with Crippen molar-refractivity contribution in [2.75, 3.05) is 7.11 Å². The number of aryl methyl sites for hydroxylation is 1. The number of nitrogens with one attached hydrogen (secondary N) is 1. The van der Waals surface area contributed by atoms with Gasteiger partial charge in [0.25, 0.3) is 5.56 Å². The summed E-state index contributed by atoms with van der Waals surface area (Å²) < 4.78 is 7.13. The lowest BCUT2D eigenvalue weighted by Crippen LogP contribution is -2.24. The summed E-state index contributed by atoms with van der Waals surface area (Å²) in [7, 11) is 1.65. The zero-order valence-corrected chi connectivity index (χ0v) is 19.9. The van der Waals surface area contributed by atoms with Crippen LogP contribution in [0.25, 0.3) is 22.2 Å². The second kappa shape index (κ2) is 9.61. The fourth-order valence-corrected chi connectivity index (χ4v) is 5.10. The summed E-state index contributed by atoms with van der Waals surface area (Å²) in [6.07, 6.45) is 1.88. The molecule has 6 heteroatoms. The first-order valence-electron chi connectivity index (χ1n) is 11.1. The molecule has 2 heterocycles. The van der Waals surface area contributed by atoms with Gasteiger partial charge in [0.2, 0.25) is 0 Å².